The van der Waals surface area contributed by atoms with Gasteiger partial charge >= 0.3 is 0 Å². The highest BCUT2D eigenvalue weighted by atomic mass is 32.1. The highest BCUT2D eigenvalue weighted by Gasteiger charge is 2.11. The van der Waals surface area contributed by atoms with Crippen LogP contribution in [0.1, 0.15) is 0 Å². The molecule has 1 aromatic carbocycles. The maximum atomic E-state index is 12.2. The molecule has 3 heterocycles. The molecular weight excluding hydrogens is 340 g/mol. The van der Waals surface area contributed by atoms with Crippen molar-refractivity contribution in [3.63, 3.8) is 0 Å². The second-order valence-corrected chi connectivity index (χ2v) is 6.28. The van der Waals surface area contributed by atoms with Gasteiger partial charge in [0, 0.05) is 6.07 Å². The van der Waals surface area contributed by atoms with Gasteiger partial charge in [-0.05, 0) is 24.3 Å². The summed E-state index contributed by atoms with van der Waals surface area (Å²) in [5, 5.41) is 3.21. The molecule has 1 N–H and O–H groups in total. The summed E-state index contributed by atoms with van der Waals surface area (Å²) in [6, 6.07) is 12.4. The summed E-state index contributed by atoms with van der Waals surface area (Å²) in [6.07, 6.45) is 2.84. The molecule has 4 aromatic rings. The van der Waals surface area contributed by atoms with Gasteiger partial charge in [0.15, 0.2) is 10.9 Å². The molecule has 8 heteroatoms. The van der Waals surface area contributed by atoms with Crippen molar-refractivity contribution in [2.24, 2.45) is 0 Å². The van der Waals surface area contributed by atoms with Crippen molar-refractivity contribution < 1.29 is 9.21 Å². The number of hydrogen-bond acceptors (Lipinski definition) is 6. The van der Waals surface area contributed by atoms with Crippen LogP contribution in [0.25, 0.3) is 21.7 Å². The lowest BCUT2D eigenvalue weighted by Crippen LogP contribution is -2.27. The Labute approximate surface area is 145 Å². The molecule has 0 unspecified atom stereocenters. The van der Waals surface area contributed by atoms with Crippen LogP contribution in [0.2, 0.25) is 0 Å². The summed E-state index contributed by atoms with van der Waals surface area (Å²) in [5.41, 5.74) is 0.920. The van der Waals surface area contributed by atoms with E-state index >= 15 is 0 Å². The van der Waals surface area contributed by atoms with Crippen molar-refractivity contribution in [2.45, 2.75) is 6.54 Å². The smallest absolute Gasteiger partial charge is 0.254 e. The van der Waals surface area contributed by atoms with Crippen molar-refractivity contribution in [1.29, 1.82) is 0 Å². The van der Waals surface area contributed by atoms with Gasteiger partial charge in [-0.2, -0.15) is 0 Å². The molecule has 0 aliphatic heterocycles. The first kappa shape index (κ1) is 15.3. The summed E-state index contributed by atoms with van der Waals surface area (Å²) in [6.45, 7) is -0.139. The molecule has 4 rings (SSSR count). The van der Waals surface area contributed by atoms with Crippen LogP contribution in [0.5, 0.6) is 0 Å². The second-order valence-electron chi connectivity index (χ2n) is 5.25. The molecule has 25 heavy (non-hydrogen) atoms. The first-order valence-corrected chi connectivity index (χ1v) is 8.26. The van der Waals surface area contributed by atoms with Crippen LogP contribution >= 0.6 is 11.3 Å². The number of carbonyl (C=O) groups excluding carboxylic acids is 1. The van der Waals surface area contributed by atoms with Crippen molar-refractivity contribution >= 4 is 32.6 Å². The van der Waals surface area contributed by atoms with Crippen LogP contribution in [0.15, 0.2) is 64.3 Å². The van der Waals surface area contributed by atoms with E-state index in [-0.39, 0.29) is 18.0 Å². The number of benzene rings is 1. The number of rotatable bonds is 4. The molecule has 0 atom stereocenters. The van der Waals surface area contributed by atoms with E-state index in [9.17, 15) is 9.59 Å². The second kappa shape index (κ2) is 6.33. The summed E-state index contributed by atoms with van der Waals surface area (Å²) in [5.74, 6) is 0.164. The fourth-order valence-corrected chi connectivity index (χ4v) is 3.22. The van der Waals surface area contributed by atoms with Crippen molar-refractivity contribution in [3.8, 4) is 11.5 Å². The summed E-state index contributed by atoms with van der Waals surface area (Å²) in [4.78, 5) is 32.8. The molecule has 0 radical (unpaired) electrons. The first-order chi connectivity index (χ1) is 12.2. The summed E-state index contributed by atoms with van der Waals surface area (Å²) < 4.78 is 7.42. The van der Waals surface area contributed by atoms with Gasteiger partial charge in [0.25, 0.3) is 5.56 Å². The maximum Gasteiger partial charge on any atom is 0.254 e. The number of nitrogens with zero attached hydrogens (tertiary/aromatic N) is 3. The van der Waals surface area contributed by atoms with Crippen molar-refractivity contribution in [2.75, 3.05) is 5.32 Å². The number of fused-ring (bicyclic) bond motifs is 1. The Morgan fingerprint density at radius 3 is 2.88 bits per heavy atom. The van der Waals surface area contributed by atoms with Crippen LogP contribution in [0.3, 0.4) is 0 Å². The van der Waals surface area contributed by atoms with Gasteiger partial charge in [0.2, 0.25) is 5.91 Å². The molecule has 0 bridgehead atoms. The van der Waals surface area contributed by atoms with Gasteiger partial charge < -0.3 is 9.73 Å². The Morgan fingerprint density at radius 1 is 1.24 bits per heavy atom. The third-order valence-corrected chi connectivity index (χ3v) is 4.46. The molecule has 3 aromatic heterocycles. The van der Waals surface area contributed by atoms with E-state index in [1.165, 1.54) is 34.6 Å². The average Bonchev–Trinajstić information content (AvgIpc) is 3.25. The first-order valence-electron chi connectivity index (χ1n) is 7.45. The zero-order valence-electron chi connectivity index (χ0n) is 12.9. The predicted molar refractivity (Wildman–Crippen MR) is 94.4 cm³/mol. The van der Waals surface area contributed by atoms with Crippen molar-refractivity contribution in [1.82, 2.24) is 14.5 Å². The SMILES string of the molecule is O=C(Cn1cnc(-c2ccco2)cc1=O)Nc1nc2ccccc2s1. The quantitative estimate of drug-likeness (QED) is 0.610. The van der Waals surface area contributed by atoms with E-state index in [0.717, 1.165) is 10.2 Å². The molecule has 0 saturated carbocycles. The zero-order chi connectivity index (χ0) is 17.2. The van der Waals surface area contributed by atoms with E-state index in [2.05, 4.69) is 15.3 Å². The van der Waals surface area contributed by atoms with Crippen LogP contribution in [-0.4, -0.2) is 20.4 Å². The fraction of sp³-hybridized carbons (Fsp3) is 0.0588. The minimum atomic E-state index is -0.339. The largest absolute Gasteiger partial charge is 0.463 e. The number of amides is 1. The maximum absolute atomic E-state index is 12.2. The molecule has 7 nitrogen and oxygen atoms in total. The number of hydrogen-bond donors (Lipinski definition) is 1. The molecule has 0 saturated heterocycles. The van der Waals surface area contributed by atoms with Gasteiger partial charge in [-0.1, -0.05) is 23.5 Å². The average molecular weight is 352 g/mol. The molecule has 0 fully saturated rings. The summed E-state index contributed by atoms with van der Waals surface area (Å²) in [7, 11) is 0. The molecule has 0 aliphatic rings. The van der Waals surface area contributed by atoms with Gasteiger partial charge in [-0.3, -0.25) is 14.2 Å². The molecule has 0 spiro atoms. The highest BCUT2D eigenvalue weighted by molar-refractivity contribution is 7.22. The number of thiazole rings is 1. The van der Waals surface area contributed by atoms with E-state index in [1.54, 1.807) is 12.1 Å². The van der Waals surface area contributed by atoms with E-state index in [4.69, 9.17) is 4.42 Å². The minimum absolute atomic E-state index is 0.139. The molecular formula is C17H12N4O3S. The van der Waals surface area contributed by atoms with Crippen LogP contribution < -0.4 is 10.9 Å². The third-order valence-electron chi connectivity index (χ3n) is 3.51. The normalized spacial score (nSPS) is 10.9. The standard InChI is InChI=1S/C17H12N4O3S/c22-15(20-17-19-11-4-1-2-6-14(11)25-17)9-21-10-18-12(8-16(21)23)13-5-3-7-24-13/h1-8,10H,9H2,(H,19,20,22). The van der Waals surface area contributed by atoms with Crippen LogP contribution in [-0.2, 0) is 11.3 Å². The Kier molecular flexibility index (Phi) is 3.87. The van der Waals surface area contributed by atoms with Crippen molar-refractivity contribution in [3.05, 3.63) is 65.4 Å². The van der Waals surface area contributed by atoms with Gasteiger partial charge in [0.05, 0.1) is 22.8 Å². The molecule has 124 valence electrons. The number of furan rings is 1. The number of anilines is 1. The van der Waals surface area contributed by atoms with E-state index < -0.39 is 0 Å². The highest BCUT2D eigenvalue weighted by Crippen LogP contribution is 2.25. The number of carbonyl (C=O) groups is 1. The lowest BCUT2D eigenvalue weighted by molar-refractivity contribution is -0.116. The predicted octanol–water partition coefficient (Wildman–Crippen LogP) is 2.75. The number of aromatic nitrogens is 3. The lowest BCUT2D eigenvalue weighted by atomic mass is 10.3. The number of nitrogens with one attached hydrogen (secondary N) is 1. The van der Waals surface area contributed by atoms with Crippen LogP contribution in [0.4, 0.5) is 5.13 Å². The Bertz CT molecular complexity index is 1070. The molecule has 1 amide bonds. The van der Waals surface area contributed by atoms with Gasteiger partial charge in [-0.25, -0.2) is 9.97 Å². The monoisotopic (exact) mass is 352 g/mol. The Morgan fingerprint density at radius 2 is 2.12 bits per heavy atom. The Hall–Kier alpha value is -3.26. The summed E-state index contributed by atoms with van der Waals surface area (Å²) >= 11 is 1.38. The topological polar surface area (TPSA) is 90.0 Å². The number of para-hydroxylation sites is 1. The Balaban J connectivity index is 1.49. The minimum Gasteiger partial charge on any atom is -0.463 e. The van der Waals surface area contributed by atoms with Gasteiger partial charge in [0.1, 0.15) is 12.2 Å². The third kappa shape index (κ3) is 3.20. The van der Waals surface area contributed by atoms with Crippen LogP contribution in [0, 0.1) is 0 Å². The van der Waals surface area contributed by atoms with E-state index in [0.29, 0.717) is 16.6 Å². The fourth-order valence-electron chi connectivity index (χ4n) is 2.34. The zero-order valence-corrected chi connectivity index (χ0v) is 13.7. The molecule has 0 aliphatic carbocycles. The lowest BCUT2D eigenvalue weighted by Gasteiger charge is -2.05. The van der Waals surface area contributed by atoms with E-state index in [1.807, 2.05) is 24.3 Å². The van der Waals surface area contributed by atoms with Gasteiger partial charge in [-0.15, -0.1) is 0 Å².